The second-order valence-electron chi connectivity index (χ2n) is 5.92. The molecule has 0 aromatic carbocycles. The number of rotatable bonds is 10. The molecule has 0 heterocycles. The highest BCUT2D eigenvalue weighted by atomic mass is 127. The fraction of sp³-hybridized carbons (Fsp3) is 0.750. The molecule has 8 heteroatoms. The SMILES string of the molecule is CC1=CC(C)=C(C)C1(C(CI)(CI)OCI)C(CI)(CI)OCI. The van der Waals surface area contributed by atoms with E-state index in [4.69, 9.17) is 9.47 Å². The van der Waals surface area contributed by atoms with Crippen LogP contribution in [0.2, 0.25) is 0 Å². The quantitative estimate of drug-likeness (QED) is 0.169. The Kier molecular flexibility index (Phi) is 12.1. The van der Waals surface area contributed by atoms with Crippen LogP contribution in [0, 0.1) is 5.41 Å². The van der Waals surface area contributed by atoms with Crippen molar-refractivity contribution in [1.82, 2.24) is 0 Å². The summed E-state index contributed by atoms with van der Waals surface area (Å²) in [7, 11) is 0. The predicted octanol–water partition coefficient (Wildman–Crippen LogP) is 7.30. The molecule has 0 atom stereocenters. The largest absolute Gasteiger partial charge is 0.362 e. The number of halogens is 6. The maximum absolute atomic E-state index is 6.57. The summed E-state index contributed by atoms with van der Waals surface area (Å²) < 4.78 is 18.3. The van der Waals surface area contributed by atoms with Crippen LogP contribution < -0.4 is 0 Å². The Balaban J connectivity index is 3.88. The third-order valence-corrected chi connectivity index (χ3v) is 10.6. The molecule has 0 aromatic heterocycles. The minimum atomic E-state index is -0.278. The molecule has 0 spiro atoms. The standard InChI is InChI=1S/C16H22I6O2/c1-11-4-12(2)16(13(11)3,14(5-17,6-18)23-9-21)15(7-19,8-20)24-10-22/h4H,5-10H2,1-3H3. The molecule has 1 rings (SSSR count). The topological polar surface area (TPSA) is 18.5 Å². The first-order valence-corrected chi connectivity index (χ1v) is 16.5. The second-order valence-corrected chi connectivity index (χ2v) is 10.2. The lowest BCUT2D eigenvalue weighted by Gasteiger charge is -2.58. The molecule has 24 heavy (non-hydrogen) atoms. The molecule has 1 aliphatic carbocycles. The van der Waals surface area contributed by atoms with Gasteiger partial charge >= 0.3 is 0 Å². The van der Waals surface area contributed by atoms with E-state index in [1.165, 1.54) is 16.7 Å². The van der Waals surface area contributed by atoms with E-state index in [9.17, 15) is 0 Å². The molecule has 0 fully saturated rings. The van der Waals surface area contributed by atoms with Crippen LogP contribution >= 0.6 is 136 Å². The van der Waals surface area contributed by atoms with Crippen molar-refractivity contribution in [3.63, 3.8) is 0 Å². The van der Waals surface area contributed by atoms with Crippen LogP contribution in [-0.4, -0.2) is 38.1 Å². The maximum atomic E-state index is 6.57. The Hall–Kier alpha value is 3.78. The smallest absolute Gasteiger partial charge is 0.103 e. The van der Waals surface area contributed by atoms with E-state index in [2.05, 4.69) is 162 Å². The van der Waals surface area contributed by atoms with Crippen molar-refractivity contribution in [3.05, 3.63) is 22.8 Å². The zero-order valence-corrected chi connectivity index (χ0v) is 26.8. The molecule has 0 amide bonds. The van der Waals surface area contributed by atoms with E-state index in [-0.39, 0.29) is 16.6 Å². The van der Waals surface area contributed by atoms with Gasteiger partial charge in [-0.25, -0.2) is 0 Å². The minimum Gasteiger partial charge on any atom is -0.362 e. The van der Waals surface area contributed by atoms with Gasteiger partial charge in [0.05, 0.1) is 14.6 Å². The molecule has 0 saturated carbocycles. The molecule has 0 N–H and O–H groups in total. The number of alkyl halides is 6. The van der Waals surface area contributed by atoms with E-state index >= 15 is 0 Å². The van der Waals surface area contributed by atoms with Crippen molar-refractivity contribution < 1.29 is 9.47 Å². The highest BCUT2D eigenvalue weighted by molar-refractivity contribution is 14.1. The molecular formula is C16H22I6O2. The predicted molar refractivity (Wildman–Crippen MR) is 156 cm³/mol. The number of allylic oxidation sites excluding steroid dienone is 2. The minimum absolute atomic E-state index is 0.231. The van der Waals surface area contributed by atoms with E-state index in [0.717, 1.165) is 17.7 Å². The molecule has 1 aliphatic rings. The Morgan fingerprint density at radius 1 is 0.792 bits per heavy atom. The highest BCUT2D eigenvalue weighted by Gasteiger charge is 2.66. The first-order valence-electron chi connectivity index (χ1n) is 7.33. The van der Waals surface area contributed by atoms with Gasteiger partial charge in [0.15, 0.2) is 0 Å². The Bertz CT molecular complexity index is 473. The Morgan fingerprint density at radius 2 is 1.17 bits per heavy atom. The lowest BCUT2D eigenvalue weighted by atomic mass is 9.57. The van der Waals surface area contributed by atoms with E-state index in [1.807, 2.05) is 0 Å². The molecule has 0 bridgehead atoms. The number of ether oxygens (including phenoxy) is 2. The molecule has 0 aliphatic heterocycles. The molecule has 2 nitrogen and oxygen atoms in total. The number of hydrogen-bond donors (Lipinski definition) is 0. The molecule has 140 valence electrons. The highest BCUT2D eigenvalue weighted by Crippen LogP contribution is 2.61. The summed E-state index contributed by atoms with van der Waals surface area (Å²) in [5, 5.41) is 0. The summed E-state index contributed by atoms with van der Waals surface area (Å²) in [5.74, 6) is 0. The lowest BCUT2D eigenvalue weighted by molar-refractivity contribution is -0.143. The van der Waals surface area contributed by atoms with Crippen molar-refractivity contribution in [1.29, 1.82) is 0 Å². The van der Waals surface area contributed by atoms with Crippen LogP contribution in [0.4, 0.5) is 0 Å². The fourth-order valence-electron chi connectivity index (χ4n) is 4.00. The monoisotopic (exact) mass is 1010 g/mol. The summed E-state index contributed by atoms with van der Waals surface area (Å²) in [6, 6.07) is 0. The third kappa shape index (κ3) is 4.15. The first-order chi connectivity index (χ1) is 11.3. The zero-order chi connectivity index (χ0) is 18.6. The number of hydrogen-bond acceptors (Lipinski definition) is 2. The van der Waals surface area contributed by atoms with Crippen molar-refractivity contribution in [2.75, 3.05) is 26.9 Å². The van der Waals surface area contributed by atoms with Gasteiger partial charge in [-0.3, -0.25) is 0 Å². The zero-order valence-electron chi connectivity index (χ0n) is 13.9. The van der Waals surface area contributed by atoms with Crippen LogP contribution in [0.25, 0.3) is 0 Å². The summed E-state index contributed by atoms with van der Waals surface area (Å²) >= 11 is 14.7. The van der Waals surface area contributed by atoms with E-state index in [1.54, 1.807) is 0 Å². The summed E-state index contributed by atoms with van der Waals surface area (Å²) in [6.07, 6.45) is 2.35. The summed E-state index contributed by atoms with van der Waals surface area (Å²) in [5.41, 5.74) is 3.37. The van der Waals surface area contributed by atoms with Gasteiger partial charge in [0, 0.05) is 17.7 Å². The van der Waals surface area contributed by atoms with Gasteiger partial charge in [-0.15, -0.1) is 0 Å². The van der Waals surface area contributed by atoms with Crippen LogP contribution in [0.15, 0.2) is 22.8 Å². The van der Waals surface area contributed by atoms with Gasteiger partial charge in [-0.2, -0.15) is 0 Å². The normalized spacial score (nSPS) is 18.3. The molecule has 0 saturated heterocycles. The van der Waals surface area contributed by atoms with Crippen LogP contribution in [-0.2, 0) is 9.47 Å². The molecule has 0 aromatic rings. The van der Waals surface area contributed by atoms with Crippen LogP contribution in [0.1, 0.15) is 20.8 Å². The van der Waals surface area contributed by atoms with Gasteiger partial charge in [0.2, 0.25) is 0 Å². The maximum Gasteiger partial charge on any atom is 0.103 e. The van der Waals surface area contributed by atoms with E-state index in [0.29, 0.717) is 9.23 Å². The molecule has 0 unspecified atom stereocenters. The van der Waals surface area contributed by atoms with Crippen LogP contribution in [0.3, 0.4) is 0 Å². The summed E-state index contributed by atoms with van der Waals surface area (Å²) in [6.45, 7) is 6.79. The fourth-order valence-corrected chi connectivity index (χ4v) is 11.5. The summed E-state index contributed by atoms with van der Waals surface area (Å²) in [4.78, 5) is 0. The van der Waals surface area contributed by atoms with Crippen molar-refractivity contribution in [2.45, 2.75) is 32.0 Å². The van der Waals surface area contributed by atoms with Crippen LogP contribution in [0.5, 0.6) is 0 Å². The van der Waals surface area contributed by atoms with Gasteiger partial charge < -0.3 is 9.47 Å². The second kappa shape index (κ2) is 11.2. The van der Waals surface area contributed by atoms with Crippen molar-refractivity contribution in [3.8, 4) is 0 Å². The van der Waals surface area contributed by atoms with Gasteiger partial charge in [0.25, 0.3) is 0 Å². The first kappa shape index (κ1) is 25.8. The molecular weight excluding hydrogens is 986 g/mol. The molecule has 0 radical (unpaired) electrons. The third-order valence-electron chi connectivity index (χ3n) is 5.07. The Morgan fingerprint density at radius 3 is 1.38 bits per heavy atom. The van der Waals surface area contributed by atoms with Gasteiger partial charge in [-0.1, -0.05) is 158 Å². The average molecular weight is 1010 g/mol. The van der Waals surface area contributed by atoms with E-state index < -0.39 is 0 Å². The van der Waals surface area contributed by atoms with Crippen molar-refractivity contribution in [2.24, 2.45) is 5.41 Å². The average Bonchev–Trinajstić information content (AvgIpc) is 2.82. The van der Waals surface area contributed by atoms with Crippen molar-refractivity contribution >= 4 is 136 Å². The Labute approximate surface area is 228 Å². The van der Waals surface area contributed by atoms with Gasteiger partial charge in [-0.05, 0) is 20.8 Å². The lowest BCUT2D eigenvalue weighted by Crippen LogP contribution is -2.68. The van der Waals surface area contributed by atoms with Gasteiger partial charge in [0.1, 0.15) is 11.2 Å².